The first-order valence-electron chi connectivity index (χ1n) is 24.6. The molecule has 5 fully saturated rings. The third-order valence-electron chi connectivity index (χ3n) is 14.8. The van der Waals surface area contributed by atoms with Crippen molar-refractivity contribution in [1.82, 2.24) is 64.7 Å². The number of piperidine rings is 1. The maximum Gasteiger partial charge on any atom is 0.410 e. The number of nitrogens with zero attached hydrogens (tertiary/aromatic N) is 14. The van der Waals surface area contributed by atoms with Gasteiger partial charge in [0.25, 0.3) is 5.91 Å². The van der Waals surface area contributed by atoms with E-state index in [2.05, 4.69) is 30.4 Å². The largest absolute Gasteiger partial charge is 0.439 e. The van der Waals surface area contributed by atoms with Crippen LogP contribution in [0, 0.1) is 18.7 Å². The van der Waals surface area contributed by atoms with Crippen molar-refractivity contribution < 1.29 is 32.8 Å². The highest BCUT2D eigenvalue weighted by Gasteiger charge is 2.38. The van der Waals surface area contributed by atoms with E-state index in [0.29, 0.717) is 114 Å². The van der Waals surface area contributed by atoms with E-state index < -0.39 is 17.9 Å². The van der Waals surface area contributed by atoms with Crippen LogP contribution in [-0.4, -0.2) is 155 Å². The van der Waals surface area contributed by atoms with Crippen molar-refractivity contribution in [2.24, 2.45) is 13.0 Å². The van der Waals surface area contributed by atoms with Gasteiger partial charge in [0.15, 0.2) is 35.5 Å². The molecule has 1 aliphatic carbocycles. The fourth-order valence-corrected chi connectivity index (χ4v) is 10.7. The second-order valence-corrected chi connectivity index (χ2v) is 19.7. The minimum Gasteiger partial charge on any atom is -0.439 e. The summed E-state index contributed by atoms with van der Waals surface area (Å²) in [4.78, 5) is 78.6. The van der Waals surface area contributed by atoms with E-state index in [1.165, 1.54) is 15.9 Å². The second-order valence-electron chi connectivity index (χ2n) is 19.7. The van der Waals surface area contributed by atoms with Crippen LogP contribution in [0.1, 0.15) is 87.3 Å². The van der Waals surface area contributed by atoms with E-state index in [4.69, 9.17) is 30.1 Å². The third-order valence-corrected chi connectivity index (χ3v) is 14.8. The molecule has 22 nitrogen and oxygen atoms in total. The van der Waals surface area contributed by atoms with Crippen LogP contribution >= 0.6 is 0 Å². The number of hydrogen-bond acceptors (Lipinski definition) is 16. The lowest BCUT2D eigenvalue weighted by molar-refractivity contribution is -0.136. The van der Waals surface area contributed by atoms with Crippen molar-refractivity contribution >= 4 is 63.2 Å². The molecule has 11 rings (SSSR count). The Morgan fingerprint density at radius 2 is 1.70 bits per heavy atom. The Hall–Kier alpha value is -7.30. The van der Waals surface area contributed by atoms with Gasteiger partial charge < -0.3 is 29.7 Å². The van der Waals surface area contributed by atoms with Crippen molar-refractivity contribution in [3.8, 4) is 22.8 Å². The highest BCUT2D eigenvalue weighted by atomic mass is 19.1. The van der Waals surface area contributed by atoms with Crippen LogP contribution in [-0.2, 0) is 21.4 Å². The lowest BCUT2D eigenvalue weighted by Crippen LogP contribution is -2.50. The molecule has 0 radical (unpaired) electrons. The first-order valence-corrected chi connectivity index (χ1v) is 24.6. The van der Waals surface area contributed by atoms with Gasteiger partial charge in [-0.25, -0.2) is 38.6 Å². The van der Waals surface area contributed by atoms with Gasteiger partial charge in [0, 0.05) is 114 Å². The summed E-state index contributed by atoms with van der Waals surface area (Å²) in [6.07, 6.45) is 7.22. The Morgan fingerprint density at radius 1 is 0.930 bits per heavy atom. The molecule has 0 bridgehead atoms. The Balaban J connectivity index is 0.652. The van der Waals surface area contributed by atoms with E-state index in [-0.39, 0.29) is 49.3 Å². The zero-order chi connectivity index (χ0) is 49.2. The second kappa shape index (κ2) is 18.5. The molecule has 4 saturated heterocycles. The number of nitrogen functional groups attached to an aromatic ring is 1. The SMILES string of the molecule is Cc1nc(-c2c(-c3nn(C(C)C)c4ncnc(N)c34)noc2C2CC2)ncc1[C@H]1CCN(C(=O)OCC(=O)N2CCC(CN3CCN(c4ccc5c(N6CCC(=O)NC6=O)nn(C)c5c4F)CC3)CC2)C1. The number of fused-ring (bicyclic) bond motifs is 2. The predicted molar refractivity (Wildman–Crippen MR) is 258 cm³/mol. The van der Waals surface area contributed by atoms with E-state index in [1.807, 2.05) is 31.9 Å². The molecule has 5 aromatic heterocycles. The van der Waals surface area contributed by atoms with Crippen molar-refractivity contribution in [1.29, 1.82) is 0 Å². The van der Waals surface area contributed by atoms with Crippen LogP contribution in [0.5, 0.6) is 0 Å². The van der Waals surface area contributed by atoms with Gasteiger partial charge >= 0.3 is 12.1 Å². The highest BCUT2D eigenvalue weighted by molar-refractivity contribution is 6.09. The average Bonchev–Trinajstić information content (AvgIpc) is 3.64. The Kier molecular flexibility index (Phi) is 12.0. The molecule has 0 spiro atoms. The summed E-state index contributed by atoms with van der Waals surface area (Å²) in [5, 5.41) is 17.3. The third kappa shape index (κ3) is 8.62. The molecule has 23 heteroatoms. The lowest BCUT2D eigenvalue weighted by atomic mass is 9.96. The first-order chi connectivity index (χ1) is 34.3. The molecule has 372 valence electrons. The van der Waals surface area contributed by atoms with Gasteiger partial charge in [-0.3, -0.25) is 29.4 Å². The van der Waals surface area contributed by atoms with Gasteiger partial charge in [-0.15, -0.1) is 0 Å². The Morgan fingerprint density at radius 3 is 2.44 bits per heavy atom. The number of aromatic nitrogens is 9. The van der Waals surface area contributed by atoms with Gasteiger partial charge in [-0.1, -0.05) is 5.16 Å². The summed E-state index contributed by atoms with van der Waals surface area (Å²) in [5.74, 6) is 1.47. The zero-order valence-electron chi connectivity index (χ0n) is 40.3. The number of nitrogens with two attached hydrogens (primary N) is 1. The summed E-state index contributed by atoms with van der Waals surface area (Å²) >= 11 is 0. The first kappa shape index (κ1) is 46.1. The topological polar surface area (TPSA) is 245 Å². The van der Waals surface area contributed by atoms with Crippen LogP contribution in [0.4, 0.5) is 31.3 Å². The van der Waals surface area contributed by atoms with E-state index in [0.717, 1.165) is 62.3 Å². The molecule has 6 aromatic rings. The van der Waals surface area contributed by atoms with E-state index in [1.54, 1.807) is 33.7 Å². The van der Waals surface area contributed by atoms with Crippen LogP contribution in [0.2, 0.25) is 0 Å². The zero-order valence-corrected chi connectivity index (χ0v) is 40.3. The van der Waals surface area contributed by atoms with Gasteiger partial charge in [0.1, 0.15) is 29.0 Å². The fraction of sp³-hybridized carbons (Fsp3) is 0.521. The van der Waals surface area contributed by atoms with Crippen LogP contribution in [0.25, 0.3) is 44.7 Å². The number of piperazine rings is 1. The molecule has 5 amide bonds. The van der Waals surface area contributed by atoms with Crippen molar-refractivity contribution in [3.05, 3.63) is 47.5 Å². The van der Waals surface area contributed by atoms with Gasteiger partial charge in [0.2, 0.25) is 5.91 Å². The molecule has 1 atom stereocenters. The summed E-state index contributed by atoms with van der Waals surface area (Å²) in [6.45, 7) is 11.6. The van der Waals surface area contributed by atoms with Crippen LogP contribution in [0.15, 0.2) is 29.2 Å². The van der Waals surface area contributed by atoms with Crippen LogP contribution in [0.3, 0.4) is 0 Å². The van der Waals surface area contributed by atoms with Crippen molar-refractivity contribution in [2.75, 3.05) is 87.6 Å². The molecular formula is C48H57FN16O6. The average molecular weight is 973 g/mol. The van der Waals surface area contributed by atoms with E-state index in [9.17, 15) is 19.2 Å². The van der Waals surface area contributed by atoms with E-state index >= 15 is 4.39 Å². The molecule has 4 aliphatic heterocycles. The number of halogens is 1. The summed E-state index contributed by atoms with van der Waals surface area (Å²) < 4.78 is 30.9. The highest BCUT2D eigenvalue weighted by Crippen LogP contribution is 2.48. The maximum absolute atomic E-state index is 16.1. The number of benzene rings is 1. The minimum atomic E-state index is -0.563. The molecule has 3 N–H and O–H groups in total. The number of carbonyl (C=O) groups excluding carboxylic acids is 4. The predicted octanol–water partition coefficient (Wildman–Crippen LogP) is 4.75. The summed E-state index contributed by atoms with van der Waals surface area (Å²) in [5.41, 5.74) is 11.2. The van der Waals surface area contributed by atoms with Gasteiger partial charge in [0.05, 0.1) is 16.6 Å². The Bertz CT molecular complexity index is 3080. The molecule has 1 aromatic carbocycles. The molecule has 1 saturated carbocycles. The van der Waals surface area contributed by atoms with Crippen LogP contribution < -0.4 is 20.9 Å². The fourth-order valence-electron chi connectivity index (χ4n) is 10.7. The molecule has 9 heterocycles. The quantitative estimate of drug-likeness (QED) is 0.178. The number of ether oxygens (including phenoxy) is 1. The Labute approximate surface area is 407 Å². The molecule has 5 aliphatic rings. The number of carbonyl (C=O) groups is 4. The number of hydrogen-bond donors (Lipinski definition) is 2. The number of rotatable bonds is 11. The monoisotopic (exact) mass is 972 g/mol. The summed E-state index contributed by atoms with van der Waals surface area (Å²) in [6, 6.07) is 2.98. The standard InChI is InChI=1S/C48H57FN16O6/c1-26(2)65-46-37(43(50)52-25-53-46)39(56-65)40-36(42(71-58-40)29-5-6-29)44-51-21-32(27(3)54-44)30-11-15-63(23-30)48(69)70-24-35(67)62-13-9-28(10-14-62)22-60-17-19-61(20-18-60)33-8-7-31-41(38(33)49)59(4)57-45(31)64-16-12-34(66)55-47(64)68/h7-8,21,25-26,28-30H,5-6,9-20,22-24H2,1-4H3,(H2,50,52,53)(H,55,66,68)/t30-/m0/s1. The van der Waals surface area contributed by atoms with Crippen molar-refractivity contribution in [2.45, 2.75) is 77.2 Å². The lowest BCUT2D eigenvalue weighted by Gasteiger charge is -2.39. The number of imide groups is 1. The van der Waals surface area contributed by atoms with Gasteiger partial charge in [-0.2, -0.15) is 10.2 Å². The van der Waals surface area contributed by atoms with Crippen molar-refractivity contribution in [3.63, 3.8) is 0 Å². The number of amides is 5. The number of aryl methyl sites for hydroxylation is 2. The number of likely N-dealkylation sites (tertiary alicyclic amines) is 2. The normalized spacial score (nSPS) is 19.5. The molecule has 71 heavy (non-hydrogen) atoms. The number of urea groups is 1. The molecule has 0 unspecified atom stereocenters. The minimum absolute atomic E-state index is 0.00253. The summed E-state index contributed by atoms with van der Waals surface area (Å²) in [7, 11) is 1.65. The number of anilines is 3. The van der Waals surface area contributed by atoms with Gasteiger partial charge in [-0.05, 0) is 76.5 Å². The number of nitrogens with one attached hydrogen (secondary N) is 1. The maximum atomic E-state index is 16.1. The smallest absolute Gasteiger partial charge is 0.410 e. The molecular weight excluding hydrogens is 916 g/mol.